The van der Waals surface area contributed by atoms with Gasteiger partial charge in [0.15, 0.2) is 0 Å². The van der Waals surface area contributed by atoms with Gasteiger partial charge < -0.3 is 9.47 Å². The molecule has 0 N–H and O–H groups in total. The van der Waals surface area contributed by atoms with Gasteiger partial charge in [-0.3, -0.25) is 0 Å². The van der Waals surface area contributed by atoms with Crippen LogP contribution in [0, 0.1) is 0 Å². The van der Waals surface area contributed by atoms with Gasteiger partial charge in [0.2, 0.25) is 0 Å². The van der Waals surface area contributed by atoms with E-state index in [1.165, 1.54) is 0 Å². The van der Waals surface area contributed by atoms with Gasteiger partial charge in [-0.2, -0.15) is 0 Å². The lowest BCUT2D eigenvalue weighted by Gasteiger charge is -2.19. The highest BCUT2D eigenvalue weighted by Gasteiger charge is 2.21. The van der Waals surface area contributed by atoms with E-state index in [0.717, 1.165) is 54.6 Å². The lowest BCUT2D eigenvalue weighted by molar-refractivity contribution is 0.0517. The highest BCUT2D eigenvalue weighted by atomic mass is 16.5. The molecule has 186 valence electrons. The molecule has 0 aliphatic carbocycles. The van der Waals surface area contributed by atoms with Crippen molar-refractivity contribution < 1.29 is 19.1 Å². The fourth-order valence-electron chi connectivity index (χ4n) is 5.51. The minimum Gasteiger partial charge on any atom is -0.462 e. The van der Waals surface area contributed by atoms with Crippen molar-refractivity contribution in [2.75, 3.05) is 13.2 Å². The zero-order valence-electron chi connectivity index (χ0n) is 21.3. The van der Waals surface area contributed by atoms with Crippen LogP contribution in [0.15, 0.2) is 97.1 Å². The summed E-state index contributed by atoms with van der Waals surface area (Å²) in [6, 6.07) is 32.0. The maximum Gasteiger partial charge on any atom is 0.338 e. The largest absolute Gasteiger partial charge is 0.462 e. The van der Waals surface area contributed by atoms with Gasteiger partial charge >= 0.3 is 11.9 Å². The number of carbonyl (C=O) groups is 2. The standard InChI is InChI=1S/C34H26O4/c1-3-37-33(35)27-15-7-5-13-23(27)29-19-21-11-9-12-22-20-30(26-18-10-17-25(29)32(26)31(21)22)24-14-6-8-16-28(24)34(36)38-4-2/h5-20H,3-4H2,1-2H3. The molecule has 0 saturated carbocycles. The average molecular weight is 499 g/mol. The summed E-state index contributed by atoms with van der Waals surface area (Å²) in [5, 5.41) is 6.52. The van der Waals surface area contributed by atoms with Crippen molar-refractivity contribution in [3.63, 3.8) is 0 Å². The lowest BCUT2D eigenvalue weighted by atomic mass is 9.84. The van der Waals surface area contributed by atoms with Gasteiger partial charge in [-0.15, -0.1) is 0 Å². The smallest absolute Gasteiger partial charge is 0.338 e. The van der Waals surface area contributed by atoms with Crippen LogP contribution in [-0.4, -0.2) is 25.2 Å². The molecule has 0 atom stereocenters. The van der Waals surface area contributed by atoms with E-state index >= 15 is 0 Å². The van der Waals surface area contributed by atoms with Crippen molar-refractivity contribution in [1.29, 1.82) is 0 Å². The Morgan fingerprint density at radius 3 is 1.45 bits per heavy atom. The van der Waals surface area contributed by atoms with Gasteiger partial charge in [0.1, 0.15) is 0 Å². The molecule has 6 aromatic carbocycles. The summed E-state index contributed by atoms with van der Waals surface area (Å²) in [6.45, 7) is 4.25. The third kappa shape index (κ3) is 3.77. The summed E-state index contributed by atoms with van der Waals surface area (Å²) in [7, 11) is 0. The number of esters is 2. The summed E-state index contributed by atoms with van der Waals surface area (Å²) in [5.41, 5.74) is 4.68. The van der Waals surface area contributed by atoms with E-state index < -0.39 is 0 Å². The molecule has 4 nitrogen and oxygen atoms in total. The molecule has 6 aromatic rings. The third-order valence-electron chi connectivity index (χ3n) is 7.05. The van der Waals surface area contributed by atoms with E-state index in [0.29, 0.717) is 24.3 Å². The van der Waals surface area contributed by atoms with Crippen LogP contribution < -0.4 is 0 Å². The Kier molecular flexibility index (Phi) is 6.01. The molecule has 0 aliphatic rings. The van der Waals surface area contributed by atoms with Crippen molar-refractivity contribution in [2.45, 2.75) is 13.8 Å². The van der Waals surface area contributed by atoms with Crippen molar-refractivity contribution in [2.24, 2.45) is 0 Å². The molecule has 0 fully saturated rings. The Hall–Kier alpha value is -4.70. The molecule has 0 bridgehead atoms. The first-order valence-electron chi connectivity index (χ1n) is 12.9. The van der Waals surface area contributed by atoms with Crippen LogP contribution in [-0.2, 0) is 9.47 Å². The molecule has 0 radical (unpaired) electrons. The molecular formula is C34H26O4. The minimum atomic E-state index is -0.336. The molecule has 0 aliphatic heterocycles. The third-order valence-corrected chi connectivity index (χ3v) is 7.05. The fraction of sp³-hybridized carbons (Fsp3) is 0.118. The first kappa shape index (κ1) is 23.7. The number of benzene rings is 6. The fourth-order valence-corrected chi connectivity index (χ4v) is 5.51. The number of carbonyl (C=O) groups excluding carboxylic acids is 2. The second kappa shape index (κ2) is 9.64. The summed E-state index contributed by atoms with van der Waals surface area (Å²) in [4.78, 5) is 25.8. The predicted octanol–water partition coefficient (Wildman–Crippen LogP) is 8.27. The van der Waals surface area contributed by atoms with E-state index in [2.05, 4.69) is 36.4 Å². The van der Waals surface area contributed by atoms with Crippen LogP contribution in [0.1, 0.15) is 34.6 Å². The SMILES string of the molecule is CCOC(=O)c1ccccc1-c1cc2cccc3cc(-c4ccccc4C(=O)OCC)c4cccc1c4c23. The Labute approximate surface area is 220 Å². The normalized spacial score (nSPS) is 11.3. The second-order valence-corrected chi connectivity index (χ2v) is 9.19. The van der Waals surface area contributed by atoms with Crippen LogP contribution in [0.25, 0.3) is 54.6 Å². The number of hydrogen-bond acceptors (Lipinski definition) is 4. The predicted molar refractivity (Wildman–Crippen MR) is 153 cm³/mol. The zero-order valence-corrected chi connectivity index (χ0v) is 21.3. The molecule has 0 amide bonds. The van der Waals surface area contributed by atoms with Gasteiger partial charge in [0.05, 0.1) is 24.3 Å². The minimum absolute atomic E-state index is 0.313. The number of rotatable bonds is 6. The molecule has 0 spiro atoms. The van der Waals surface area contributed by atoms with Crippen molar-refractivity contribution in [3.05, 3.63) is 108 Å². The van der Waals surface area contributed by atoms with Gasteiger partial charge in [-0.1, -0.05) is 72.8 Å². The van der Waals surface area contributed by atoms with E-state index in [4.69, 9.17) is 9.47 Å². The maximum absolute atomic E-state index is 12.9. The van der Waals surface area contributed by atoms with Gasteiger partial charge in [0, 0.05) is 0 Å². The van der Waals surface area contributed by atoms with Crippen LogP contribution >= 0.6 is 0 Å². The summed E-state index contributed by atoms with van der Waals surface area (Å²) >= 11 is 0. The number of hydrogen-bond donors (Lipinski definition) is 0. The Balaban J connectivity index is 1.71. The van der Waals surface area contributed by atoms with Crippen LogP contribution in [0.4, 0.5) is 0 Å². The Bertz CT molecular complexity index is 1710. The first-order valence-corrected chi connectivity index (χ1v) is 12.9. The molecule has 38 heavy (non-hydrogen) atoms. The molecule has 0 heterocycles. The summed E-state index contributed by atoms with van der Waals surface area (Å²) < 4.78 is 10.8. The monoisotopic (exact) mass is 498 g/mol. The van der Waals surface area contributed by atoms with Crippen molar-refractivity contribution >= 4 is 44.3 Å². The van der Waals surface area contributed by atoms with Gasteiger partial charge in [-0.25, -0.2) is 9.59 Å². The Morgan fingerprint density at radius 1 is 0.526 bits per heavy atom. The molecule has 0 saturated heterocycles. The van der Waals surface area contributed by atoms with Crippen LogP contribution in [0.2, 0.25) is 0 Å². The van der Waals surface area contributed by atoms with E-state index in [1.54, 1.807) is 0 Å². The highest BCUT2D eigenvalue weighted by molar-refractivity contribution is 6.29. The van der Waals surface area contributed by atoms with E-state index in [9.17, 15) is 9.59 Å². The average Bonchev–Trinajstić information content (AvgIpc) is 2.96. The summed E-state index contributed by atoms with van der Waals surface area (Å²) in [6.07, 6.45) is 0. The topological polar surface area (TPSA) is 52.6 Å². The Morgan fingerprint density at radius 2 is 0.974 bits per heavy atom. The van der Waals surface area contributed by atoms with E-state index in [1.807, 2.05) is 74.5 Å². The molecular weight excluding hydrogens is 472 g/mol. The van der Waals surface area contributed by atoms with Crippen molar-refractivity contribution in [3.8, 4) is 22.3 Å². The lowest BCUT2D eigenvalue weighted by Crippen LogP contribution is -2.07. The van der Waals surface area contributed by atoms with Gasteiger partial charge in [0.25, 0.3) is 0 Å². The number of ether oxygens (including phenoxy) is 2. The molecule has 6 rings (SSSR count). The van der Waals surface area contributed by atoms with Crippen LogP contribution in [0.3, 0.4) is 0 Å². The van der Waals surface area contributed by atoms with Crippen molar-refractivity contribution in [1.82, 2.24) is 0 Å². The zero-order chi connectivity index (χ0) is 26.2. The van der Waals surface area contributed by atoms with Gasteiger partial charge in [-0.05, 0) is 92.7 Å². The molecule has 4 heteroatoms. The highest BCUT2D eigenvalue weighted by Crippen LogP contribution is 2.45. The molecule has 0 aromatic heterocycles. The second-order valence-electron chi connectivity index (χ2n) is 9.19. The maximum atomic E-state index is 12.9. The summed E-state index contributed by atoms with van der Waals surface area (Å²) in [5.74, 6) is -0.672. The first-order chi connectivity index (χ1) is 18.6. The van der Waals surface area contributed by atoms with Crippen LogP contribution in [0.5, 0.6) is 0 Å². The quantitative estimate of drug-likeness (QED) is 0.171. The molecule has 0 unspecified atom stereocenters. The van der Waals surface area contributed by atoms with E-state index in [-0.39, 0.29) is 11.9 Å².